The van der Waals surface area contributed by atoms with Gasteiger partial charge in [0.2, 0.25) is 0 Å². The first kappa shape index (κ1) is 13.3. The van der Waals surface area contributed by atoms with Crippen LogP contribution in [0.4, 0.5) is 0 Å². The van der Waals surface area contributed by atoms with Crippen molar-refractivity contribution in [1.82, 2.24) is 5.32 Å². The van der Waals surface area contributed by atoms with Gasteiger partial charge in [-0.2, -0.15) is 0 Å². The van der Waals surface area contributed by atoms with E-state index in [4.69, 9.17) is 4.74 Å². The van der Waals surface area contributed by atoms with E-state index in [0.717, 1.165) is 0 Å². The van der Waals surface area contributed by atoms with Gasteiger partial charge in [-0.05, 0) is 18.2 Å². The first-order valence-electron chi connectivity index (χ1n) is 4.73. The summed E-state index contributed by atoms with van der Waals surface area (Å²) in [5.41, 5.74) is 0. The van der Waals surface area contributed by atoms with Crippen LogP contribution >= 0.6 is 12.4 Å². The molecule has 1 aliphatic rings. The minimum absolute atomic E-state index is 0. The number of rotatable bonds is 3. The molecule has 1 aromatic carbocycles. The average Bonchev–Trinajstić information content (AvgIpc) is 2.14. The van der Waals surface area contributed by atoms with Gasteiger partial charge in [-0.3, -0.25) is 0 Å². The summed E-state index contributed by atoms with van der Waals surface area (Å²) in [6.07, 6.45) is 0. The molecule has 0 spiro atoms. The van der Waals surface area contributed by atoms with E-state index in [0.29, 0.717) is 23.7 Å². The fraction of sp³-hybridized carbons (Fsp3) is 0.400. The van der Waals surface area contributed by atoms with Crippen LogP contribution < -0.4 is 10.1 Å². The first-order chi connectivity index (χ1) is 7.14. The highest BCUT2D eigenvalue weighted by atomic mass is 35.5. The third-order valence-electron chi connectivity index (χ3n) is 2.55. The van der Waals surface area contributed by atoms with Crippen molar-refractivity contribution in [3.63, 3.8) is 0 Å². The summed E-state index contributed by atoms with van der Waals surface area (Å²) in [5, 5.41) is 2.67. The lowest BCUT2D eigenvalue weighted by atomic mass is 10.3. The van der Waals surface area contributed by atoms with Gasteiger partial charge in [0.15, 0.2) is 9.84 Å². The molecule has 0 aliphatic carbocycles. The fourth-order valence-electron chi connectivity index (χ4n) is 1.45. The molecule has 0 unspecified atom stereocenters. The van der Waals surface area contributed by atoms with Crippen molar-refractivity contribution in [2.45, 2.75) is 10.1 Å². The molecular formula is C10H14ClNO3S. The Balaban J connectivity index is 0.00000128. The molecule has 1 fully saturated rings. The van der Waals surface area contributed by atoms with Crippen LogP contribution in [-0.4, -0.2) is 33.9 Å². The quantitative estimate of drug-likeness (QED) is 0.879. The molecule has 90 valence electrons. The minimum atomic E-state index is -3.18. The lowest BCUT2D eigenvalue weighted by Crippen LogP contribution is -2.51. The molecule has 4 nitrogen and oxygen atoms in total. The smallest absolute Gasteiger partial charge is 0.183 e. The zero-order valence-corrected chi connectivity index (χ0v) is 10.5. The van der Waals surface area contributed by atoms with Gasteiger partial charge in [0.25, 0.3) is 0 Å². The molecule has 1 heterocycles. The molecule has 0 radical (unpaired) electrons. The predicted octanol–water partition coefficient (Wildman–Crippen LogP) is 0.862. The maximum atomic E-state index is 12.0. The van der Waals surface area contributed by atoms with Gasteiger partial charge < -0.3 is 10.1 Å². The van der Waals surface area contributed by atoms with Crippen LogP contribution in [0.3, 0.4) is 0 Å². The summed E-state index contributed by atoms with van der Waals surface area (Å²) in [7, 11) is -1.65. The molecule has 2 rings (SSSR count). The summed E-state index contributed by atoms with van der Waals surface area (Å²) in [5.74, 6) is 0.573. The molecule has 16 heavy (non-hydrogen) atoms. The largest absolute Gasteiger partial charge is 0.497 e. The van der Waals surface area contributed by atoms with Gasteiger partial charge in [-0.1, -0.05) is 6.07 Å². The van der Waals surface area contributed by atoms with Crippen LogP contribution in [0.25, 0.3) is 0 Å². The van der Waals surface area contributed by atoms with Gasteiger partial charge in [0, 0.05) is 13.1 Å². The molecule has 1 aliphatic heterocycles. The molecule has 0 saturated carbocycles. The first-order valence-corrected chi connectivity index (χ1v) is 6.28. The Morgan fingerprint density at radius 1 is 1.38 bits per heavy atom. The Bertz CT molecular complexity index is 457. The molecule has 0 amide bonds. The predicted molar refractivity (Wildman–Crippen MR) is 64.1 cm³/mol. The molecule has 0 aromatic heterocycles. The van der Waals surface area contributed by atoms with Crippen molar-refractivity contribution in [3.8, 4) is 5.75 Å². The maximum absolute atomic E-state index is 12.0. The zero-order valence-electron chi connectivity index (χ0n) is 8.84. The number of hydrogen-bond donors (Lipinski definition) is 1. The highest BCUT2D eigenvalue weighted by Gasteiger charge is 2.32. The van der Waals surface area contributed by atoms with Crippen LogP contribution in [0.15, 0.2) is 29.2 Å². The molecule has 0 atom stereocenters. The Hall–Kier alpha value is -0.780. The number of nitrogens with one attached hydrogen (secondary N) is 1. The van der Waals surface area contributed by atoms with E-state index >= 15 is 0 Å². The van der Waals surface area contributed by atoms with E-state index in [2.05, 4.69) is 5.32 Å². The van der Waals surface area contributed by atoms with Gasteiger partial charge >= 0.3 is 0 Å². The Labute approximate surface area is 101 Å². The molecule has 0 bridgehead atoms. The third kappa shape index (κ3) is 2.31. The number of methoxy groups -OCH3 is 1. The van der Waals surface area contributed by atoms with Crippen molar-refractivity contribution in [1.29, 1.82) is 0 Å². The van der Waals surface area contributed by atoms with Gasteiger partial charge in [0.1, 0.15) is 5.75 Å². The van der Waals surface area contributed by atoms with Gasteiger partial charge in [0.05, 0.1) is 17.3 Å². The van der Waals surface area contributed by atoms with Crippen LogP contribution in [-0.2, 0) is 9.84 Å². The van der Waals surface area contributed by atoms with Crippen molar-refractivity contribution < 1.29 is 13.2 Å². The molecule has 1 N–H and O–H groups in total. The Morgan fingerprint density at radius 2 is 2.06 bits per heavy atom. The SMILES string of the molecule is COc1cccc(S(=O)(=O)C2CNC2)c1.Cl. The van der Waals surface area contributed by atoms with E-state index in [-0.39, 0.29) is 17.7 Å². The van der Waals surface area contributed by atoms with Gasteiger partial charge in [-0.25, -0.2) is 8.42 Å². The standard InChI is InChI=1S/C10H13NO3S.ClH/c1-14-8-3-2-4-9(5-8)15(12,13)10-6-11-7-10;/h2-5,10-11H,6-7H2,1H3;1H. The molecular weight excluding hydrogens is 250 g/mol. The van der Waals surface area contributed by atoms with E-state index in [1.807, 2.05) is 0 Å². The number of halogens is 1. The number of ether oxygens (including phenoxy) is 1. The number of hydrogen-bond acceptors (Lipinski definition) is 4. The minimum Gasteiger partial charge on any atom is -0.497 e. The van der Waals surface area contributed by atoms with Crippen molar-refractivity contribution in [3.05, 3.63) is 24.3 Å². The van der Waals surface area contributed by atoms with Crippen molar-refractivity contribution in [2.75, 3.05) is 20.2 Å². The van der Waals surface area contributed by atoms with E-state index in [1.165, 1.54) is 7.11 Å². The van der Waals surface area contributed by atoms with Crippen LogP contribution in [0.1, 0.15) is 0 Å². The molecule has 1 aromatic rings. The summed E-state index contributed by atoms with van der Waals surface area (Å²) in [4.78, 5) is 0.341. The maximum Gasteiger partial charge on any atom is 0.183 e. The van der Waals surface area contributed by atoms with Crippen LogP contribution in [0.2, 0.25) is 0 Å². The highest BCUT2D eigenvalue weighted by molar-refractivity contribution is 7.92. The zero-order chi connectivity index (χ0) is 10.9. The normalized spacial score (nSPS) is 16.1. The Morgan fingerprint density at radius 3 is 2.56 bits per heavy atom. The average molecular weight is 264 g/mol. The van der Waals surface area contributed by atoms with Crippen molar-refractivity contribution >= 4 is 22.2 Å². The van der Waals surface area contributed by atoms with Crippen LogP contribution in [0.5, 0.6) is 5.75 Å². The summed E-state index contributed by atoms with van der Waals surface area (Å²) < 4.78 is 29.0. The lowest BCUT2D eigenvalue weighted by Gasteiger charge is -2.26. The van der Waals surface area contributed by atoms with E-state index in [9.17, 15) is 8.42 Å². The number of sulfone groups is 1. The van der Waals surface area contributed by atoms with E-state index in [1.54, 1.807) is 24.3 Å². The van der Waals surface area contributed by atoms with E-state index < -0.39 is 9.84 Å². The number of benzene rings is 1. The van der Waals surface area contributed by atoms with Crippen LogP contribution in [0, 0.1) is 0 Å². The second-order valence-electron chi connectivity index (χ2n) is 3.50. The molecule has 6 heteroatoms. The lowest BCUT2D eigenvalue weighted by molar-refractivity contribution is 0.413. The fourth-order valence-corrected chi connectivity index (χ4v) is 3.06. The highest BCUT2D eigenvalue weighted by Crippen LogP contribution is 2.22. The summed E-state index contributed by atoms with van der Waals surface area (Å²) >= 11 is 0. The second kappa shape index (κ2) is 5.03. The summed E-state index contributed by atoms with van der Waals surface area (Å²) in [6, 6.07) is 6.60. The second-order valence-corrected chi connectivity index (χ2v) is 5.73. The third-order valence-corrected chi connectivity index (χ3v) is 4.67. The molecule has 1 saturated heterocycles. The summed E-state index contributed by atoms with van der Waals surface area (Å²) in [6.45, 7) is 1.08. The monoisotopic (exact) mass is 263 g/mol. The topological polar surface area (TPSA) is 55.4 Å². The Kier molecular flexibility index (Phi) is 4.18. The van der Waals surface area contributed by atoms with Crippen molar-refractivity contribution in [2.24, 2.45) is 0 Å². The van der Waals surface area contributed by atoms with Gasteiger partial charge in [-0.15, -0.1) is 12.4 Å².